The maximum absolute atomic E-state index is 14.1. The molecular weight excluding hydrogens is 337 g/mol. The lowest BCUT2D eigenvalue weighted by molar-refractivity contribution is -0.132. The van der Waals surface area contributed by atoms with E-state index in [0.717, 1.165) is 0 Å². The fourth-order valence-electron chi connectivity index (χ4n) is 2.14. The van der Waals surface area contributed by atoms with E-state index < -0.39 is 11.8 Å². The lowest BCUT2D eigenvalue weighted by atomic mass is 10.2. The minimum absolute atomic E-state index is 0.0309. The van der Waals surface area contributed by atoms with Crippen molar-refractivity contribution in [3.63, 3.8) is 0 Å². The molecule has 0 aliphatic heterocycles. The normalized spacial score (nSPS) is 10.6. The first kappa shape index (κ1) is 15.9. The van der Waals surface area contributed by atoms with Gasteiger partial charge < -0.3 is 15.2 Å². The Morgan fingerprint density at radius 1 is 1.33 bits per heavy atom. The number of hydrogen-bond donors (Lipinski definition) is 2. The predicted octanol–water partition coefficient (Wildman–Crippen LogP) is 3.80. The van der Waals surface area contributed by atoms with Gasteiger partial charge in [0.05, 0.1) is 16.2 Å². The number of aromatic hydroxyl groups is 1. The van der Waals surface area contributed by atoms with Gasteiger partial charge in [-0.3, -0.25) is 4.79 Å². The predicted molar refractivity (Wildman–Crippen MR) is 87.2 cm³/mol. The smallest absolute Gasteiger partial charge is 0.308 e. The summed E-state index contributed by atoms with van der Waals surface area (Å²) in [6.07, 6.45) is 1.26. The zero-order valence-corrected chi connectivity index (χ0v) is 13.1. The average Bonchev–Trinajstić information content (AvgIpc) is 2.52. The Bertz CT molecular complexity index is 949. The number of rotatable bonds is 3. The zero-order valence-electron chi connectivity index (χ0n) is 12.4. The highest BCUT2D eigenvalue weighted by Crippen LogP contribution is 2.34. The number of phenols is 1. The number of ether oxygens (including phenoxy) is 1. The number of benzene rings is 2. The minimum Gasteiger partial charge on any atom is -0.504 e. The fourth-order valence-corrected chi connectivity index (χ4v) is 2.31. The molecule has 0 unspecified atom stereocenters. The molecule has 0 fully saturated rings. The Balaban J connectivity index is 2.10. The molecule has 0 saturated heterocycles. The van der Waals surface area contributed by atoms with Gasteiger partial charge in [-0.25, -0.2) is 14.4 Å². The molecule has 0 aliphatic rings. The summed E-state index contributed by atoms with van der Waals surface area (Å²) in [5.41, 5.74) is 0.521. The second kappa shape index (κ2) is 6.29. The molecule has 1 heterocycles. The Labute approximate surface area is 140 Å². The molecule has 0 atom stereocenters. The van der Waals surface area contributed by atoms with E-state index in [0.29, 0.717) is 10.9 Å². The molecule has 8 heteroatoms. The molecule has 6 nitrogen and oxygen atoms in total. The van der Waals surface area contributed by atoms with Crippen LogP contribution in [0.25, 0.3) is 10.9 Å². The van der Waals surface area contributed by atoms with E-state index in [4.69, 9.17) is 16.3 Å². The number of phenolic OH excluding ortho intramolecular Hbond substituents is 1. The molecule has 1 aromatic heterocycles. The Morgan fingerprint density at radius 2 is 2.12 bits per heavy atom. The molecule has 0 amide bonds. The maximum atomic E-state index is 14.1. The van der Waals surface area contributed by atoms with Crippen LogP contribution in [0.1, 0.15) is 6.92 Å². The highest BCUT2D eigenvalue weighted by Gasteiger charge is 2.14. The summed E-state index contributed by atoms with van der Waals surface area (Å²) >= 11 is 5.76. The molecule has 0 saturated carbocycles. The second-order valence-corrected chi connectivity index (χ2v) is 5.29. The SMILES string of the molecule is CC(=O)Oc1cc2c(Nc3cccc(Cl)c3F)ncnc2cc1O. The number of hydrogen-bond acceptors (Lipinski definition) is 6. The first-order valence-electron chi connectivity index (χ1n) is 6.83. The van der Waals surface area contributed by atoms with Crippen LogP contribution in [0.15, 0.2) is 36.7 Å². The quantitative estimate of drug-likeness (QED) is 0.554. The lowest BCUT2D eigenvalue weighted by Gasteiger charge is -2.11. The first-order valence-corrected chi connectivity index (χ1v) is 7.20. The van der Waals surface area contributed by atoms with E-state index in [2.05, 4.69) is 15.3 Å². The van der Waals surface area contributed by atoms with Gasteiger partial charge in [-0.15, -0.1) is 0 Å². The van der Waals surface area contributed by atoms with Crippen molar-refractivity contribution < 1.29 is 19.0 Å². The summed E-state index contributed by atoms with van der Waals surface area (Å²) in [5.74, 6) is -1.22. The maximum Gasteiger partial charge on any atom is 0.308 e. The topological polar surface area (TPSA) is 84.3 Å². The third-order valence-corrected chi connectivity index (χ3v) is 3.47. The molecule has 0 bridgehead atoms. The standard InChI is InChI=1S/C16H11ClFN3O3/c1-8(22)24-14-5-9-12(6-13(14)23)19-7-20-16(9)21-11-4-2-3-10(17)15(11)18/h2-7,23H,1H3,(H,19,20,21). The zero-order chi connectivity index (χ0) is 17.3. The van der Waals surface area contributed by atoms with Gasteiger partial charge in [-0.05, 0) is 18.2 Å². The lowest BCUT2D eigenvalue weighted by Crippen LogP contribution is -2.03. The fraction of sp³-hybridized carbons (Fsp3) is 0.0625. The number of anilines is 2. The number of halogens is 2. The van der Waals surface area contributed by atoms with Crippen LogP contribution in [0.3, 0.4) is 0 Å². The third kappa shape index (κ3) is 3.07. The number of fused-ring (bicyclic) bond motifs is 1. The second-order valence-electron chi connectivity index (χ2n) is 4.88. The highest BCUT2D eigenvalue weighted by atomic mass is 35.5. The monoisotopic (exact) mass is 347 g/mol. The van der Waals surface area contributed by atoms with Crippen molar-refractivity contribution in [2.24, 2.45) is 0 Å². The number of carbonyl (C=O) groups excluding carboxylic acids is 1. The summed E-state index contributed by atoms with van der Waals surface area (Å²) in [4.78, 5) is 19.2. The van der Waals surface area contributed by atoms with Crippen LogP contribution < -0.4 is 10.1 Å². The summed E-state index contributed by atoms with van der Waals surface area (Å²) in [5, 5.41) is 13.1. The van der Waals surface area contributed by atoms with E-state index in [-0.39, 0.29) is 28.0 Å². The van der Waals surface area contributed by atoms with E-state index >= 15 is 0 Å². The van der Waals surface area contributed by atoms with Crippen LogP contribution in [-0.4, -0.2) is 21.0 Å². The molecule has 0 aliphatic carbocycles. The van der Waals surface area contributed by atoms with Crippen molar-refractivity contribution in [3.05, 3.63) is 47.5 Å². The van der Waals surface area contributed by atoms with Crippen molar-refractivity contribution in [2.45, 2.75) is 6.92 Å². The Morgan fingerprint density at radius 3 is 2.88 bits per heavy atom. The summed E-state index contributed by atoms with van der Waals surface area (Å²) in [6.45, 7) is 1.21. The van der Waals surface area contributed by atoms with E-state index in [1.807, 2.05) is 0 Å². The average molecular weight is 348 g/mol. The number of nitrogens with zero attached hydrogens (tertiary/aromatic N) is 2. The van der Waals surface area contributed by atoms with Crippen molar-refractivity contribution >= 4 is 40.0 Å². The number of nitrogens with one attached hydrogen (secondary N) is 1. The largest absolute Gasteiger partial charge is 0.504 e. The Hall–Kier alpha value is -2.93. The van der Waals surface area contributed by atoms with Gasteiger partial charge in [-0.1, -0.05) is 17.7 Å². The molecular formula is C16H11ClFN3O3. The van der Waals surface area contributed by atoms with Crippen LogP contribution in [0.4, 0.5) is 15.9 Å². The van der Waals surface area contributed by atoms with Crippen LogP contribution in [0, 0.1) is 5.82 Å². The van der Waals surface area contributed by atoms with Gasteiger partial charge in [-0.2, -0.15) is 0 Å². The van der Waals surface area contributed by atoms with Crippen molar-refractivity contribution in [1.82, 2.24) is 9.97 Å². The van der Waals surface area contributed by atoms with Crippen molar-refractivity contribution in [1.29, 1.82) is 0 Å². The summed E-state index contributed by atoms with van der Waals surface area (Å²) < 4.78 is 19.0. The summed E-state index contributed by atoms with van der Waals surface area (Å²) in [7, 11) is 0. The van der Waals surface area contributed by atoms with Crippen LogP contribution in [-0.2, 0) is 4.79 Å². The third-order valence-electron chi connectivity index (χ3n) is 3.17. The van der Waals surface area contributed by atoms with Gasteiger partial charge >= 0.3 is 5.97 Å². The first-order chi connectivity index (χ1) is 11.5. The van der Waals surface area contributed by atoms with E-state index in [1.54, 1.807) is 6.07 Å². The molecule has 2 aromatic carbocycles. The number of aromatic nitrogens is 2. The molecule has 122 valence electrons. The molecule has 3 aromatic rings. The van der Waals surface area contributed by atoms with E-state index in [1.165, 1.54) is 37.5 Å². The minimum atomic E-state index is -0.620. The summed E-state index contributed by atoms with van der Waals surface area (Å²) in [6, 6.07) is 7.25. The molecule has 0 spiro atoms. The van der Waals surface area contributed by atoms with Gasteiger partial charge in [0.25, 0.3) is 0 Å². The van der Waals surface area contributed by atoms with Gasteiger partial charge in [0.2, 0.25) is 0 Å². The van der Waals surface area contributed by atoms with Gasteiger partial charge in [0.1, 0.15) is 12.1 Å². The number of carbonyl (C=O) groups is 1. The highest BCUT2D eigenvalue weighted by molar-refractivity contribution is 6.31. The van der Waals surface area contributed by atoms with Crippen LogP contribution in [0.2, 0.25) is 5.02 Å². The van der Waals surface area contributed by atoms with Crippen LogP contribution in [0.5, 0.6) is 11.5 Å². The molecule has 24 heavy (non-hydrogen) atoms. The van der Waals surface area contributed by atoms with Crippen molar-refractivity contribution in [3.8, 4) is 11.5 Å². The molecule has 2 N–H and O–H groups in total. The molecule has 0 radical (unpaired) electrons. The molecule has 3 rings (SSSR count). The number of esters is 1. The van der Waals surface area contributed by atoms with Crippen LogP contribution >= 0.6 is 11.6 Å². The Kier molecular flexibility index (Phi) is 4.18. The van der Waals surface area contributed by atoms with Gasteiger partial charge in [0.15, 0.2) is 17.3 Å². The van der Waals surface area contributed by atoms with E-state index in [9.17, 15) is 14.3 Å². The van der Waals surface area contributed by atoms with Gasteiger partial charge in [0, 0.05) is 18.4 Å². The van der Waals surface area contributed by atoms with Crippen molar-refractivity contribution in [2.75, 3.05) is 5.32 Å².